The molecule has 1 amide bonds. The molecule has 2 aliphatic rings. The quantitative estimate of drug-likeness (QED) is 0.857. The molecule has 3 heterocycles. The van der Waals surface area contributed by atoms with Gasteiger partial charge in [-0.1, -0.05) is 25.1 Å². The molecule has 7 heteroatoms. The summed E-state index contributed by atoms with van der Waals surface area (Å²) in [6.07, 6.45) is 3.02. The molecular weight excluding hydrogens is 312 g/mol. The van der Waals surface area contributed by atoms with E-state index >= 15 is 0 Å². The van der Waals surface area contributed by atoms with Gasteiger partial charge in [0, 0.05) is 31.5 Å². The first-order chi connectivity index (χ1) is 11.0. The number of piperidine rings is 1. The fourth-order valence-corrected chi connectivity index (χ4v) is 4.40. The van der Waals surface area contributed by atoms with Crippen LogP contribution in [0, 0.1) is 0 Å². The predicted molar refractivity (Wildman–Crippen MR) is 90.5 cm³/mol. The lowest BCUT2D eigenvalue weighted by atomic mass is 9.97. The topological polar surface area (TPSA) is 102 Å². The summed E-state index contributed by atoms with van der Waals surface area (Å²) < 4.78 is 0. The lowest BCUT2D eigenvalue weighted by Crippen LogP contribution is -2.34. The Morgan fingerprint density at radius 1 is 1.43 bits per heavy atom. The number of carbonyl (C=O) groups is 2. The van der Waals surface area contributed by atoms with Crippen molar-refractivity contribution in [2.75, 3.05) is 18.0 Å². The van der Waals surface area contributed by atoms with E-state index in [1.807, 2.05) is 0 Å². The summed E-state index contributed by atoms with van der Waals surface area (Å²) in [4.78, 5) is 29.9. The Balaban J connectivity index is 1.96. The first-order valence-electron chi connectivity index (χ1n) is 8.03. The second-order valence-electron chi connectivity index (χ2n) is 6.10. The van der Waals surface area contributed by atoms with E-state index < -0.39 is 17.2 Å². The van der Waals surface area contributed by atoms with Gasteiger partial charge in [-0.05, 0) is 18.1 Å². The molecule has 1 aromatic heterocycles. The van der Waals surface area contributed by atoms with Gasteiger partial charge in [-0.3, -0.25) is 9.59 Å². The van der Waals surface area contributed by atoms with Crippen molar-refractivity contribution < 1.29 is 9.59 Å². The number of Topliss-reactive ketones (excluding diaryl/α,β-unsaturated/α-hetero) is 1. The minimum Gasteiger partial charge on any atom is -0.369 e. The lowest BCUT2D eigenvalue weighted by molar-refractivity contribution is -0.119. The van der Waals surface area contributed by atoms with Crippen LogP contribution in [-0.2, 0) is 16.0 Å². The highest BCUT2D eigenvalue weighted by Gasteiger charge is 2.38. The van der Waals surface area contributed by atoms with Crippen molar-refractivity contribution in [2.45, 2.75) is 48.9 Å². The van der Waals surface area contributed by atoms with Crippen LogP contribution in [0.2, 0.25) is 0 Å². The number of pyridine rings is 1. The first-order valence-corrected chi connectivity index (χ1v) is 8.91. The molecule has 0 bridgehead atoms. The van der Waals surface area contributed by atoms with Crippen molar-refractivity contribution >= 4 is 29.3 Å². The van der Waals surface area contributed by atoms with E-state index in [1.54, 1.807) is 0 Å². The number of nitrogens with two attached hydrogens (primary N) is 2. The normalized spacial score (nSPS) is 23.9. The predicted octanol–water partition coefficient (Wildman–Crippen LogP) is 1.16. The molecule has 1 saturated heterocycles. The zero-order chi connectivity index (χ0) is 16.6. The van der Waals surface area contributed by atoms with Gasteiger partial charge in [0.1, 0.15) is 21.9 Å². The number of nitrogens with zero attached hydrogens (tertiary/aromatic N) is 2. The van der Waals surface area contributed by atoms with Gasteiger partial charge in [-0.25, -0.2) is 4.98 Å². The van der Waals surface area contributed by atoms with Crippen LogP contribution in [0.1, 0.15) is 43.4 Å². The zero-order valence-corrected chi connectivity index (χ0v) is 14.1. The summed E-state index contributed by atoms with van der Waals surface area (Å²) in [5, 5.41) is 0.366. The van der Waals surface area contributed by atoms with Gasteiger partial charge in [-0.2, -0.15) is 0 Å². The number of ketones is 1. The van der Waals surface area contributed by atoms with Crippen molar-refractivity contribution in [2.24, 2.45) is 11.5 Å². The molecular formula is C16H22N4O2S. The third-order valence-corrected chi connectivity index (χ3v) is 5.75. The number of carbonyl (C=O) groups excluding carboxylic acids is 2. The Bertz CT molecular complexity index is 639. The highest BCUT2D eigenvalue weighted by atomic mass is 32.2. The number of aryl methyl sites for hydroxylation is 1. The fraction of sp³-hybridized carbons (Fsp3) is 0.562. The van der Waals surface area contributed by atoms with Gasteiger partial charge >= 0.3 is 0 Å². The van der Waals surface area contributed by atoms with E-state index in [-0.39, 0.29) is 0 Å². The molecule has 0 aliphatic carbocycles. The Morgan fingerprint density at radius 2 is 2.13 bits per heavy atom. The summed E-state index contributed by atoms with van der Waals surface area (Å²) in [5.41, 5.74) is 13.8. The second kappa shape index (κ2) is 6.49. The number of amides is 1. The molecule has 2 atom stereocenters. The zero-order valence-electron chi connectivity index (χ0n) is 13.2. The third kappa shape index (κ3) is 3.07. The number of primary amides is 1. The fourth-order valence-electron chi connectivity index (χ4n) is 3.22. The van der Waals surface area contributed by atoms with Crippen molar-refractivity contribution in [1.82, 2.24) is 4.98 Å². The van der Waals surface area contributed by atoms with Crippen LogP contribution in [-0.4, -0.2) is 35.0 Å². The molecule has 1 aromatic rings. The second-order valence-corrected chi connectivity index (χ2v) is 7.23. The van der Waals surface area contributed by atoms with Gasteiger partial charge in [0.2, 0.25) is 5.91 Å². The smallest absolute Gasteiger partial charge is 0.232 e. The highest BCUT2D eigenvalue weighted by Crippen LogP contribution is 2.44. The van der Waals surface area contributed by atoms with E-state index in [0.29, 0.717) is 31.7 Å². The Labute approximate surface area is 140 Å². The summed E-state index contributed by atoms with van der Waals surface area (Å²) in [6.45, 7) is 3.52. The number of rotatable bonds is 4. The molecule has 0 spiro atoms. The molecule has 4 N–H and O–H groups in total. The monoisotopic (exact) mass is 334 g/mol. The number of hydrogen-bond acceptors (Lipinski definition) is 6. The maximum absolute atomic E-state index is 11.6. The Hall–Kier alpha value is -1.60. The van der Waals surface area contributed by atoms with Crippen molar-refractivity contribution in [3.05, 3.63) is 17.2 Å². The van der Waals surface area contributed by atoms with Crippen molar-refractivity contribution in [3.8, 4) is 0 Å². The summed E-state index contributed by atoms with van der Waals surface area (Å²) in [6, 6.07) is 1.68. The molecule has 6 nitrogen and oxygen atoms in total. The standard InChI is InChI=1S/C16H22N4O2S/c1-2-3-9-8-11(20-6-4-10(21)5-7-20)19-16-12(9)13(17)14(23-16)15(18)22/h8,13-14H,2-7,17H2,1H3,(H2,18,22). The minimum absolute atomic E-state index is 0.307. The van der Waals surface area contributed by atoms with Gasteiger partial charge in [0.25, 0.3) is 0 Å². The molecule has 23 heavy (non-hydrogen) atoms. The van der Waals surface area contributed by atoms with Gasteiger partial charge < -0.3 is 16.4 Å². The number of fused-ring (bicyclic) bond motifs is 1. The SMILES string of the molecule is CCCc1cc(N2CCC(=O)CC2)nc2c1C(N)C(C(N)=O)S2. The molecule has 2 aliphatic heterocycles. The molecule has 2 unspecified atom stereocenters. The molecule has 0 aromatic carbocycles. The van der Waals surface area contributed by atoms with E-state index in [9.17, 15) is 9.59 Å². The molecule has 0 radical (unpaired) electrons. The van der Waals surface area contributed by atoms with E-state index in [1.165, 1.54) is 11.8 Å². The van der Waals surface area contributed by atoms with Crippen molar-refractivity contribution in [3.63, 3.8) is 0 Å². The van der Waals surface area contributed by atoms with Crippen LogP contribution in [0.3, 0.4) is 0 Å². The average Bonchev–Trinajstić information content (AvgIpc) is 2.86. The molecule has 1 fully saturated rings. The minimum atomic E-state index is -0.453. The van der Waals surface area contributed by atoms with Gasteiger partial charge in [0.05, 0.1) is 6.04 Å². The number of thioether (sulfide) groups is 1. The third-order valence-electron chi connectivity index (χ3n) is 4.44. The number of hydrogen-bond donors (Lipinski definition) is 2. The van der Waals surface area contributed by atoms with Crippen LogP contribution < -0.4 is 16.4 Å². The van der Waals surface area contributed by atoms with Crippen LogP contribution in [0.15, 0.2) is 11.1 Å². The van der Waals surface area contributed by atoms with Crippen LogP contribution >= 0.6 is 11.8 Å². The number of aromatic nitrogens is 1. The maximum atomic E-state index is 11.6. The van der Waals surface area contributed by atoms with E-state index in [0.717, 1.165) is 34.8 Å². The Kier molecular flexibility index (Phi) is 4.59. The van der Waals surface area contributed by atoms with Crippen LogP contribution in [0.25, 0.3) is 0 Å². The first kappa shape index (κ1) is 16.3. The van der Waals surface area contributed by atoms with Crippen molar-refractivity contribution in [1.29, 1.82) is 0 Å². The van der Waals surface area contributed by atoms with Crippen LogP contribution in [0.5, 0.6) is 0 Å². The van der Waals surface area contributed by atoms with E-state index in [2.05, 4.69) is 17.9 Å². The molecule has 0 saturated carbocycles. The summed E-state index contributed by atoms with van der Waals surface area (Å²) in [5.74, 6) is 0.791. The maximum Gasteiger partial charge on any atom is 0.232 e. The largest absolute Gasteiger partial charge is 0.369 e. The number of anilines is 1. The van der Waals surface area contributed by atoms with E-state index in [4.69, 9.17) is 16.5 Å². The average molecular weight is 334 g/mol. The van der Waals surface area contributed by atoms with Gasteiger partial charge in [0.15, 0.2) is 0 Å². The molecule has 124 valence electrons. The molecule has 3 rings (SSSR count). The lowest BCUT2D eigenvalue weighted by Gasteiger charge is -2.28. The summed E-state index contributed by atoms with van der Waals surface area (Å²) in [7, 11) is 0. The highest BCUT2D eigenvalue weighted by molar-refractivity contribution is 8.01. The van der Waals surface area contributed by atoms with Gasteiger partial charge in [-0.15, -0.1) is 0 Å². The summed E-state index contributed by atoms with van der Waals surface area (Å²) >= 11 is 1.37. The van der Waals surface area contributed by atoms with Crippen LogP contribution in [0.4, 0.5) is 5.82 Å². The Morgan fingerprint density at radius 3 is 2.74 bits per heavy atom.